The zero-order valence-electron chi connectivity index (χ0n) is 16.6. The fraction of sp³-hybridized carbons (Fsp3) is 0.391. The Balaban J connectivity index is 1.54. The Morgan fingerprint density at radius 3 is 2.79 bits per heavy atom. The van der Waals surface area contributed by atoms with Crippen LogP contribution < -0.4 is 0 Å². The van der Waals surface area contributed by atoms with E-state index in [1.165, 1.54) is 6.07 Å². The third-order valence-electron chi connectivity index (χ3n) is 6.03. The maximum atomic E-state index is 13.5. The Bertz CT molecular complexity index is 1020. The van der Waals surface area contributed by atoms with Crippen molar-refractivity contribution in [3.63, 3.8) is 0 Å². The quantitative estimate of drug-likeness (QED) is 0.688. The second kappa shape index (κ2) is 8.33. The third kappa shape index (κ3) is 4.48. The molecule has 2 atom stereocenters. The van der Waals surface area contributed by atoms with Gasteiger partial charge < -0.3 is 9.67 Å². The van der Waals surface area contributed by atoms with Crippen molar-refractivity contribution in [1.29, 1.82) is 0 Å². The van der Waals surface area contributed by atoms with Crippen molar-refractivity contribution >= 4 is 17.0 Å². The number of para-hydroxylation sites is 2. The summed E-state index contributed by atoms with van der Waals surface area (Å²) in [7, 11) is 2.02. The molecule has 0 amide bonds. The lowest BCUT2D eigenvalue weighted by atomic mass is 9.81. The largest absolute Gasteiger partial charge is 0.481 e. The summed E-state index contributed by atoms with van der Waals surface area (Å²) < 4.78 is 15.7. The van der Waals surface area contributed by atoms with E-state index in [1.54, 1.807) is 12.1 Å². The van der Waals surface area contributed by atoms with Gasteiger partial charge in [0, 0.05) is 33.0 Å². The molecule has 1 aliphatic rings. The van der Waals surface area contributed by atoms with Crippen molar-refractivity contribution in [2.45, 2.75) is 25.8 Å². The topological polar surface area (TPSA) is 58.4 Å². The monoisotopic (exact) mass is 395 g/mol. The molecule has 4 rings (SSSR count). The van der Waals surface area contributed by atoms with Gasteiger partial charge in [-0.25, -0.2) is 9.37 Å². The van der Waals surface area contributed by atoms with E-state index >= 15 is 0 Å². The van der Waals surface area contributed by atoms with Gasteiger partial charge in [0.25, 0.3) is 0 Å². The Kier molecular flexibility index (Phi) is 5.62. The van der Waals surface area contributed by atoms with Crippen LogP contribution in [-0.4, -0.2) is 38.6 Å². The van der Waals surface area contributed by atoms with Crippen LogP contribution in [0.3, 0.4) is 0 Å². The number of imidazole rings is 1. The molecule has 3 aromatic rings. The number of rotatable bonds is 6. The normalized spacial score (nSPS) is 20.2. The Labute approximate surface area is 169 Å². The number of hydrogen-bond donors (Lipinski definition) is 1. The summed E-state index contributed by atoms with van der Waals surface area (Å²) >= 11 is 0. The summed E-state index contributed by atoms with van der Waals surface area (Å²) in [4.78, 5) is 18.5. The minimum Gasteiger partial charge on any atom is -0.481 e. The van der Waals surface area contributed by atoms with Gasteiger partial charge in [0.2, 0.25) is 0 Å². The highest BCUT2D eigenvalue weighted by Crippen LogP contribution is 2.31. The zero-order valence-corrected chi connectivity index (χ0v) is 16.6. The first kappa shape index (κ1) is 19.6. The number of piperidine rings is 1. The molecule has 1 fully saturated rings. The van der Waals surface area contributed by atoms with E-state index in [1.807, 2.05) is 31.3 Å². The fourth-order valence-corrected chi connectivity index (χ4v) is 4.53. The lowest BCUT2D eigenvalue weighted by Gasteiger charge is -2.38. The van der Waals surface area contributed by atoms with Crippen molar-refractivity contribution in [3.05, 3.63) is 65.7 Å². The number of carboxylic acids is 1. The highest BCUT2D eigenvalue weighted by Gasteiger charge is 2.32. The Morgan fingerprint density at radius 2 is 2.03 bits per heavy atom. The van der Waals surface area contributed by atoms with Crippen LogP contribution in [0, 0.1) is 17.7 Å². The van der Waals surface area contributed by atoms with Crippen LogP contribution in [0.1, 0.15) is 24.2 Å². The molecule has 0 saturated carbocycles. The van der Waals surface area contributed by atoms with Crippen LogP contribution in [0.4, 0.5) is 4.39 Å². The number of aryl methyl sites for hydroxylation is 1. The van der Waals surface area contributed by atoms with Gasteiger partial charge in [-0.3, -0.25) is 9.69 Å². The number of fused-ring (bicyclic) bond motifs is 1. The van der Waals surface area contributed by atoms with Gasteiger partial charge in [0.05, 0.1) is 11.0 Å². The number of likely N-dealkylation sites (tertiary alicyclic amines) is 1. The molecule has 0 bridgehead atoms. The molecule has 1 N–H and O–H groups in total. The Hall–Kier alpha value is -2.73. The van der Waals surface area contributed by atoms with E-state index < -0.39 is 5.97 Å². The number of carboxylic acid groups (broad SMARTS) is 1. The lowest BCUT2D eigenvalue weighted by molar-refractivity contribution is -0.139. The lowest BCUT2D eigenvalue weighted by Crippen LogP contribution is -2.42. The molecule has 1 saturated heterocycles. The summed E-state index contributed by atoms with van der Waals surface area (Å²) in [5.41, 5.74) is 3.00. The second-order valence-corrected chi connectivity index (χ2v) is 8.05. The summed E-state index contributed by atoms with van der Waals surface area (Å²) in [6.07, 6.45) is 1.75. The first-order chi connectivity index (χ1) is 14.0. The number of benzene rings is 2. The molecule has 5 nitrogen and oxygen atoms in total. The minimum atomic E-state index is -0.747. The SMILES string of the molecule is Cn1c(CC2CN(Cc3cccc(F)c3)CCC2CC(=O)O)nc2ccccc21. The number of aliphatic carboxylic acids is 1. The molecule has 2 heterocycles. The molecule has 6 heteroatoms. The van der Waals surface area contributed by atoms with Crippen LogP contribution in [-0.2, 0) is 24.8 Å². The van der Waals surface area contributed by atoms with Crippen molar-refractivity contribution < 1.29 is 14.3 Å². The molecule has 0 aliphatic carbocycles. The predicted molar refractivity (Wildman–Crippen MR) is 110 cm³/mol. The summed E-state index contributed by atoms with van der Waals surface area (Å²) in [5, 5.41) is 9.37. The van der Waals surface area contributed by atoms with Crippen LogP contribution in [0.15, 0.2) is 48.5 Å². The van der Waals surface area contributed by atoms with Gasteiger partial charge in [-0.1, -0.05) is 24.3 Å². The Morgan fingerprint density at radius 1 is 1.21 bits per heavy atom. The third-order valence-corrected chi connectivity index (χ3v) is 6.03. The first-order valence-electron chi connectivity index (χ1n) is 10.1. The van der Waals surface area contributed by atoms with Crippen LogP contribution in [0.2, 0.25) is 0 Å². The molecule has 152 valence electrons. The number of aromatic nitrogens is 2. The second-order valence-electron chi connectivity index (χ2n) is 8.05. The van der Waals surface area contributed by atoms with Gasteiger partial charge in [0.15, 0.2) is 0 Å². The van der Waals surface area contributed by atoms with Crippen LogP contribution in [0.25, 0.3) is 11.0 Å². The first-order valence-corrected chi connectivity index (χ1v) is 10.1. The minimum absolute atomic E-state index is 0.121. The summed E-state index contributed by atoms with van der Waals surface area (Å²) in [5.74, 6) is 0.335. The van der Waals surface area contributed by atoms with Crippen molar-refractivity contribution in [2.24, 2.45) is 18.9 Å². The molecule has 1 aromatic heterocycles. The molecule has 29 heavy (non-hydrogen) atoms. The van der Waals surface area contributed by atoms with E-state index in [-0.39, 0.29) is 24.1 Å². The van der Waals surface area contributed by atoms with Crippen LogP contribution >= 0.6 is 0 Å². The van der Waals surface area contributed by atoms with E-state index in [0.717, 1.165) is 48.4 Å². The highest BCUT2D eigenvalue weighted by molar-refractivity contribution is 5.75. The van der Waals surface area contributed by atoms with Gasteiger partial charge in [-0.05, 0) is 54.6 Å². The van der Waals surface area contributed by atoms with Gasteiger partial charge in [0.1, 0.15) is 11.6 Å². The smallest absolute Gasteiger partial charge is 0.303 e. The van der Waals surface area contributed by atoms with E-state index in [2.05, 4.69) is 15.5 Å². The molecule has 0 spiro atoms. The average molecular weight is 395 g/mol. The number of nitrogens with zero attached hydrogens (tertiary/aromatic N) is 3. The zero-order chi connectivity index (χ0) is 20.4. The molecule has 2 aromatic carbocycles. The molecule has 0 radical (unpaired) electrons. The van der Waals surface area contributed by atoms with Crippen molar-refractivity contribution in [1.82, 2.24) is 14.5 Å². The maximum absolute atomic E-state index is 13.5. The van der Waals surface area contributed by atoms with Gasteiger partial charge >= 0.3 is 5.97 Å². The molecular weight excluding hydrogens is 369 g/mol. The van der Waals surface area contributed by atoms with Gasteiger partial charge in [-0.2, -0.15) is 0 Å². The number of hydrogen-bond acceptors (Lipinski definition) is 3. The van der Waals surface area contributed by atoms with E-state index in [0.29, 0.717) is 6.54 Å². The van der Waals surface area contributed by atoms with Crippen molar-refractivity contribution in [2.75, 3.05) is 13.1 Å². The van der Waals surface area contributed by atoms with Crippen LogP contribution in [0.5, 0.6) is 0 Å². The van der Waals surface area contributed by atoms with E-state index in [9.17, 15) is 14.3 Å². The fourth-order valence-electron chi connectivity index (χ4n) is 4.53. The summed E-state index contributed by atoms with van der Waals surface area (Å²) in [6, 6.07) is 14.7. The number of halogens is 1. The number of carbonyl (C=O) groups is 1. The average Bonchev–Trinajstić information content (AvgIpc) is 2.99. The standard InChI is InChI=1S/C23H26FN3O2/c1-26-21-8-3-2-7-20(21)25-22(26)12-18-15-27(10-9-17(18)13-23(28)29)14-16-5-4-6-19(24)11-16/h2-8,11,17-18H,9-10,12-15H2,1H3,(H,28,29). The highest BCUT2D eigenvalue weighted by atomic mass is 19.1. The predicted octanol–water partition coefficient (Wildman–Crippen LogP) is 3.87. The molecular formula is C23H26FN3O2. The molecule has 1 aliphatic heterocycles. The molecule has 2 unspecified atom stereocenters. The van der Waals surface area contributed by atoms with E-state index in [4.69, 9.17) is 4.98 Å². The van der Waals surface area contributed by atoms with Crippen molar-refractivity contribution in [3.8, 4) is 0 Å². The van der Waals surface area contributed by atoms with Gasteiger partial charge in [-0.15, -0.1) is 0 Å². The summed E-state index contributed by atoms with van der Waals surface area (Å²) in [6.45, 7) is 2.29. The maximum Gasteiger partial charge on any atom is 0.303 e.